The lowest BCUT2D eigenvalue weighted by atomic mass is 10.2. The van der Waals surface area contributed by atoms with Gasteiger partial charge in [-0.25, -0.2) is 0 Å². The van der Waals surface area contributed by atoms with Crippen molar-refractivity contribution in [1.82, 2.24) is 0 Å². The standard InChI is InChI=1S/C7H16N2O/c1-6(2)4-3-5-10-7(8)9/h7H,1,3-5,8-9H2,2H3. The largest absolute Gasteiger partial charge is 0.350 e. The molecule has 0 bridgehead atoms. The second-order valence-corrected chi connectivity index (χ2v) is 2.40. The van der Waals surface area contributed by atoms with Gasteiger partial charge in [-0.15, -0.1) is 6.58 Å². The summed E-state index contributed by atoms with van der Waals surface area (Å²) in [5.74, 6) is 0. The lowest BCUT2D eigenvalue weighted by Gasteiger charge is -2.06. The van der Waals surface area contributed by atoms with Crippen LogP contribution in [0, 0.1) is 0 Å². The van der Waals surface area contributed by atoms with Crippen LogP contribution in [0.25, 0.3) is 0 Å². The third kappa shape index (κ3) is 7.62. The summed E-state index contributed by atoms with van der Waals surface area (Å²) in [4.78, 5) is 0. The maximum absolute atomic E-state index is 5.14. The van der Waals surface area contributed by atoms with Crippen molar-refractivity contribution in [2.45, 2.75) is 26.1 Å². The summed E-state index contributed by atoms with van der Waals surface area (Å²) in [6.07, 6.45) is 1.29. The van der Waals surface area contributed by atoms with Gasteiger partial charge in [-0.3, -0.25) is 11.5 Å². The van der Waals surface area contributed by atoms with Crippen LogP contribution in [-0.2, 0) is 4.74 Å². The van der Waals surface area contributed by atoms with Crippen LogP contribution in [0.4, 0.5) is 0 Å². The van der Waals surface area contributed by atoms with Gasteiger partial charge < -0.3 is 4.74 Å². The van der Waals surface area contributed by atoms with E-state index in [0.717, 1.165) is 18.4 Å². The van der Waals surface area contributed by atoms with Crippen LogP contribution in [0.2, 0.25) is 0 Å². The number of allylic oxidation sites excluding steroid dienone is 1. The van der Waals surface area contributed by atoms with E-state index in [-0.39, 0.29) is 0 Å². The highest BCUT2D eigenvalue weighted by atomic mass is 16.5. The zero-order valence-electron chi connectivity index (χ0n) is 6.47. The number of hydrogen-bond acceptors (Lipinski definition) is 3. The molecule has 60 valence electrons. The van der Waals surface area contributed by atoms with Crippen molar-refractivity contribution in [2.24, 2.45) is 11.5 Å². The predicted molar refractivity (Wildman–Crippen MR) is 42.2 cm³/mol. The highest BCUT2D eigenvalue weighted by Gasteiger charge is 1.92. The molecule has 0 unspecified atom stereocenters. The minimum Gasteiger partial charge on any atom is -0.350 e. The number of nitrogens with two attached hydrogens (primary N) is 2. The lowest BCUT2D eigenvalue weighted by Crippen LogP contribution is -2.33. The van der Waals surface area contributed by atoms with Crippen molar-refractivity contribution in [2.75, 3.05) is 6.61 Å². The molecule has 0 aromatic carbocycles. The quantitative estimate of drug-likeness (QED) is 0.337. The molecule has 0 aliphatic heterocycles. The molecule has 0 saturated carbocycles. The zero-order chi connectivity index (χ0) is 7.98. The Morgan fingerprint density at radius 1 is 1.60 bits per heavy atom. The SMILES string of the molecule is C=C(C)CCCOC(N)N. The Balaban J connectivity index is 2.98. The van der Waals surface area contributed by atoms with Gasteiger partial charge in [-0.1, -0.05) is 5.57 Å². The molecule has 0 aromatic heterocycles. The summed E-state index contributed by atoms with van der Waals surface area (Å²) >= 11 is 0. The maximum Gasteiger partial charge on any atom is 0.158 e. The Morgan fingerprint density at radius 2 is 2.20 bits per heavy atom. The number of rotatable bonds is 5. The summed E-state index contributed by atoms with van der Waals surface area (Å²) in [6, 6.07) is 0. The monoisotopic (exact) mass is 144 g/mol. The topological polar surface area (TPSA) is 61.3 Å². The Hall–Kier alpha value is -0.380. The van der Waals surface area contributed by atoms with Crippen LogP contribution in [0.3, 0.4) is 0 Å². The summed E-state index contributed by atoms with van der Waals surface area (Å²) in [5, 5.41) is 0. The molecular formula is C7H16N2O. The molecule has 0 amide bonds. The molecule has 0 radical (unpaired) electrons. The fourth-order valence-electron chi connectivity index (χ4n) is 0.593. The van der Waals surface area contributed by atoms with Gasteiger partial charge in [0.15, 0.2) is 6.35 Å². The molecule has 0 spiro atoms. The maximum atomic E-state index is 5.14. The summed E-state index contributed by atoms with van der Waals surface area (Å²) in [5.41, 5.74) is 11.4. The molecule has 0 fully saturated rings. The first-order chi connectivity index (χ1) is 4.63. The minimum atomic E-state index is -0.634. The lowest BCUT2D eigenvalue weighted by molar-refractivity contribution is 0.0609. The molecule has 0 heterocycles. The zero-order valence-corrected chi connectivity index (χ0v) is 6.47. The van der Waals surface area contributed by atoms with Crippen molar-refractivity contribution in [1.29, 1.82) is 0 Å². The minimum absolute atomic E-state index is 0.616. The Kier molecular flexibility index (Phi) is 5.20. The molecule has 3 nitrogen and oxygen atoms in total. The van der Waals surface area contributed by atoms with Gasteiger partial charge in [-0.05, 0) is 19.8 Å². The Labute approximate surface area is 62.0 Å². The molecular weight excluding hydrogens is 128 g/mol. The van der Waals surface area contributed by atoms with Crippen molar-refractivity contribution in [3.8, 4) is 0 Å². The Bertz CT molecular complexity index is 102. The van der Waals surface area contributed by atoms with E-state index in [4.69, 9.17) is 16.2 Å². The average molecular weight is 144 g/mol. The Morgan fingerprint density at radius 3 is 2.60 bits per heavy atom. The van der Waals surface area contributed by atoms with Crippen molar-refractivity contribution in [3.63, 3.8) is 0 Å². The van der Waals surface area contributed by atoms with E-state index in [0.29, 0.717) is 6.61 Å². The fraction of sp³-hybridized carbons (Fsp3) is 0.714. The van der Waals surface area contributed by atoms with Crippen LogP contribution >= 0.6 is 0 Å². The van der Waals surface area contributed by atoms with Crippen LogP contribution in [-0.4, -0.2) is 13.0 Å². The van der Waals surface area contributed by atoms with Crippen LogP contribution in [0.5, 0.6) is 0 Å². The summed E-state index contributed by atoms with van der Waals surface area (Å²) in [6.45, 7) is 6.36. The highest BCUT2D eigenvalue weighted by molar-refractivity contribution is 4.86. The first-order valence-electron chi connectivity index (χ1n) is 3.40. The first-order valence-corrected chi connectivity index (χ1v) is 3.40. The number of ether oxygens (including phenoxy) is 1. The van der Waals surface area contributed by atoms with E-state index >= 15 is 0 Å². The van der Waals surface area contributed by atoms with Crippen molar-refractivity contribution in [3.05, 3.63) is 12.2 Å². The first kappa shape index (κ1) is 9.62. The van der Waals surface area contributed by atoms with Gasteiger partial charge in [0.1, 0.15) is 0 Å². The van der Waals surface area contributed by atoms with E-state index in [2.05, 4.69) is 6.58 Å². The van der Waals surface area contributed by atoms with E-state index in [1.165, 1.54) is 0 Å². The van der Waals surface area contributed by atoms with Crippen LogP contribution in [0.1, 0.15) is 19.8 Å². The third-order valence-corrected chi connectivity index (χ3v) is 1.06. The smallest absolute Gasteiger partial charge is 0.158 e. The highest BCUT2D eigenvalue weighted by Crippen LogP contribution is 1.99. The van der Waals surface area contributed by atoms with Gasteiger partial charge in [0, 0.05) is 0 Å². The van der Waals surface area contributed by atoms with Crippen LogP contribution < -0.4 is 11.5 Å². The van der Waals surface area contributed by atoms with Crippen molar-refractivity contribution < 1.29 is 4.74 Å². The molecule has 10 heavy (non-hydrogen) atoms. The molecule has 0 aliphatic carbocycles. The van der Waals surface area contributed by atoms with Gasteiger partial charge in [0.05, 0.1) is 6.61 Å². The van der Waals surface area contributed by atoms with Gasteiger partial charge >= 0.3 is 0 Å². The molecule has 0 atom stereocenters. The van der Waals surface area contributed by atoms with E-state index in [1.807, 2.05) is 6.92 Å². The molecule has 0 aromatic rings. The number of hydrogen-bond donors (Lipinski definition) is 2. The molecule has 4 N–H and O–H groups in total. The summed E-state index contributed by atoms with van der Waals surface area (Å²) < 4.78 is 4.91. The second kappa shape index (κ2) is 5.41. The van der Waals surface area contributed by atoms with Gasteiger partial charge in [-0.2, -0.15) is 0 Å². The third-order valence-electron chi connectivity index (χ3n) is 1.06. The van der Waals surface area contributed by atoms with E-state index in [9.17, 15) is 0 Å². The van der Waals surface area contributed by atoms with Crippen LogP contribution in [0.15, 0.2) is 12.2 Å². The average Bonchev–Trinajstić information content (AvgIpc) is 1.79. The van der Waals surface area contributed by atoms with E-state index in [1.54, 1.807) is 0 Å². The molecule has 3 heteroatoms. The summed E-state index contributed by atoms with van der Waals surface area (Å²) in [7, 11) is 0. The molecule has 0 rings (SSSR count). The van der Waals surface area contributed by atoms with Gasteiger partial charge in [0.2, 0.25) is 0 Å². The fourth-order valence-corrected chi connectivity index (χ4v) is 0.593. The molecule has 0 saturated heterocycles. The van der Waals surface area contributed by atoms with Gasteiger partial charge in [0.25, 0.3) is 0 Å². The molecule has 0 aliphatic rings. The van der Waals surface area contributed by atoms with E-state index < -0.39 is 6.35 Å². The normalized spacial score (nSPS) is 10.4. The van der Waals surface area contributed by atoms with Crippen molar-refractivity contribution >= 4 is 0 Å². The second-order valence-electron chi connectivity index (χ2n) is 2.40. The predicted octanol–water partition coefficient (Wildman–Crippen LogP) is 0.560.